The van der Waals surface area contributed by atoms with E-state index in [0.717, 1.165) is 6.54 Å². The first-order valence-electron chi connectivity index (χ1n) is 7.18. The molecule has 3 aromatic rings. The second-order valence-corrected chi connectivity index (χ2v) is 6.18. The highest BCUT2D eigenvalue weighted by atomic mass is 32.1. The maximum atomic E-state index is 6.04. The first-order valence-corrected chi connectivity index (χ1v) is 8.12. The lowest BCUT2D eigenvalue weighted by atomic mass is 10.0. The first kappa shape index (κ1) is 14.3. The summed E-state index contributed by atoms with van der Waals surface area (Å²) in [5.41, 5.74) is 8.67. The molecule has 1 aromatic heterocycles. The van der Waals surface area contributed by atoms with Gasteiger partial charge in [-0.05, 0) is 51.8 Å². The maximum Gasteiger partial charge on any atom is 0.0471 e. The third kappa shape index (κ3) is 3.16. The molecule has 0 radical (unpaired) electrons. The van der Waals surface area contributed by atoms with E-state index in [4.69, 9.17) is 5.73 Å². The molecule has 21 heavy (non-hydrogen) atoms. The van der Waals surface area contributed by atoms with Gasteiger partial charge in [-0.1, -0.05) is 36.4 Å². The zero-order chi connectivity index (χ0) is 14.7. The summed E-state index contributed by atoms with van der Waals surface area (Å²) in [7, 11) is 2.14. The molecule has 0 saturated carbocycles. The summed E-state index contributed by atoms with van der Waals surface area (Å²) in [6.07, 6.45) is 0. The molecule has 1 heterocycles. The van der Waals surface area contributed by atoms with Crippen LogP contribution < -0.4 is 5.73 Å². The van der Waals surface area contributed by atoms with Crippen molar-refractivity contribution < 1.29 is 0 Å². The highest BCUT2D eigenvalue weighted by Crippen LogP contribution is 2.24. The number of fused-ring (bicyclic) bond motifs is 1. The van der Waals surface area contributed by atoms with E-state index in [1.165, 1.54) is 21.9 Å². The third-order valence-electron chi connectivity index (χ3n) is 3.93. The van der Waals surface area contributed by atoms with Gasteiger partial charge in [-0.25, -0.2) is 0 Å². The molecule has 1 unspecified atom stereocenters. The van der Waals surface area contributed by atoms with Gasteiger partial charge < -0.3 is 5.73 Å². The van der Waals surface area contributed by atoms with Gasteiger partial charge >= 0.3 is 0 Å². The molecule has 0 aliphatic carbocycles. The predicted octanol–water partition coefficient (Wildman–Crippen LogP) is 4.03. The summed E-state index contributed by atoms with van der Waals surface area (Å²) >= 11 is 1.74. The van der Waals surface area contributed by atoms with Crippen LogP contribution in [0.5, 0.6) is 0 Å². The highest BCUT2D eigenvalue weighted by molar-refractivity contribution is 7.07. The van der Waals surface area contributed by atoms with Crippen molar-refractivity contribution in [1.82, 2.24) is 4.90 Å². The lowest BCUT2D eigenvalue weighted by Crippen LogP contribution is -2.30. The van der Waals surface area contributed by atoms with Gasteiger partial charge in [-0.2, -0.15) is 11.3 Å². The van der Waals surface area contributed by atoms with E-state index >= 15 is 0 Å². The molecule has 0 amide bonds. The number of thiophene rings is 1. The minimum absolute atomic E-state index is 0.245. The van der Waals surface area contributed by atoms with Crippen molar-refractivity contribution >= 4 is 22.1 Å². The van der Waals surface area contributed by atoms with Crippen LogP contribution >= 0.6 is 11.3 Å². The summed E-state index contributed by atoms with van der Waals surface area (Å²) in [5.74, 6) is 0. The predicted molar refractivity (Wildman–Crippen MR) is 91.5 cm³/mol. The molecular formula is C18H20N2S. The molecule has 2 nitrogen and oxygen atoms in total. The van der Waals surface area contributed by atoms with Crippen LogP contribution in [0.4, 0.5) is 0 Å². The second kappa shape index (κ2) is 6.39. The van der Waals surface area contributed by atoms with Crippen molar-refractivity contribution in [2.45, 2.75) is 12.6 Å². The molecule has 3 heteroatoms. The average Bonchev–Trinajstić information content (AvgIpc) is 3.01. The van der Waals surface area contributed by atoms with Crippen LogP contribution in [0.1, 0.15) is 17.2 Å². The van der Waals surface area contributed by atoms with Gasteiger partial charge in [-0.3, -0.25) is 4.90 Å². The van der Waals surface area contributed by atoms with Gasteiger partial charge in [0.25, 0.3) is 0 Å². The fraction of sp³-hybridized carbons (Fsp3) is 0.222. The monoisotopic (exact) mass is 296 g/mol. The average molecular weight is 296 g/mol. The zero-order valence-electron chi connectivity index (χ0n) is 12.2. The van der Waals surface area contributed by atoms with E-state index in [-0.39, 0.29) is 6.04 Å². The number of benzene rings is 2. The summed E-state index contributed by atoms with van der Waals surface area (Å²) in [6, 6.07) is 17.5. The quantitative estimate of drug-likeness (QED) is 0.770. The lowest BCUT2D eigenvalue weighted by molar-refractivity contribution is 0.242. The van der Waals surface area contributed by atoms with Gasteiger partial charge in [0, 0.05) is 19.1 Å². The Kier molecular flexibility index (Phi) is 4.34. The minimum Gasteiger partial charge on any atom is -0.329 e. The molecule has 0 bridgehead atoms. The van der Waals surface area contributed by atoms with Crippen molar-refractivity contribution in [2.75, 3.05) is 13.6 Å². The van der Waals surface area contributed by atoms with E-state index in [0.29, 0.717) is 6.54 Å². The fourth-order valence-corrected chi connectivity index (χ4v) is 3.43. The van der Waals surface area contributed by atoms with Gasteiger partial charge in [0.05, 0.1) is 0 Å². The number of hydrogen-bond acceptors (Lipinski definition) is 3. The number of likely N-dealkylation sites (N-methyl/N-ethyl adjacent to an activating group) is 1. The maximum absolute atomic E-state index is 6.04. The van der Waals surface area contributed by atoms with Crippen molar-refractivity contribution in [2.24, 2.45) is 5.73 Å². The molecule has 3 rings (SSSR count). The molecule has 0 saturated heterocycles. The third-order valence-corrected chi connectivity index (χ3v) is 4.66. The summed E-state index contributed by atoms with van der Waals surface area (Å²) in [5, 5.41) is 6.87. The fourth-order valence-electron chi connectivity index (χ4n) is 2.77. The number of nitrogens with two attached hydrogens (primary N) is 1. The molecule has 1 atom stereocenters. The lowest BCUT2D eigenvalue weighted by Gasteiger charge is -2.27. The van der Waals surface area contributed by atoms with Crippen LogP contribution in [0, 0.1) is 0 Å². The Morgan fingerprint density at radius 1 is 1.10 bits per heavy atom. The molecule has 0 spiro atoms. The topological polar surface area (TPSA) is 29.3 Å². The molecule has 2 N–H and O–H groups in total. The molecule has 2 aromatic carbocycles. The Labute approximate surface area is 129 Å². The van der Waals surface area contributed by atoms with Crippen molar-refractivity contribution in [3.8, 4) is 0 Å². The Hall–Kier alpha value is -1.68. The van der Waals surface area contributed by atoms with Crippen LogP contribution in [-0.4, -0.2) is 18.5 Å². The van der Waals surface area contributed by atoms with Gasteiger partial charge in [-0.15, -0.1) is 0 Å². The molecule has 108 valence electrons. The van der Waals surface area contributed by atoms with Gasteiger partial charge in [0.2, 0.25) is 0 Å². The summed E-state index contributed by atoms with van der Waals surface area (Å²) < 4.78 is 0. The molecular weight excluding hydrogens is 276 g/mol. The van der Waals surface area contributed by atoms with E-state index in [1.54, 1.807) is 11.3 Å². The second-order valence-electron chi connectivity index (χ2n) is 5.40. The van der Waals surface area contributed by atoms with Crippen molar-refractivity contribution in [3.63, 3.8) is 0 Å². The smallest absolute Gasteiger partial charge is 0.0471 e. The van der Waals surface area contributed by atoms with E-state index in [9.17, 15) is 0 Å². The normalized spacial score (nSPS) is 12.9. The molecule has 0 fully saturated rings. The SMILES string of the molecule is CN(Cc1ccsc1)C(CN)c1ccc2ccccc2c1. The van der Waals surface area contributed by atoms with Crippen LogP contribution in [-0.2, 0) is 6.54 Å². The summed E-state index contributed by atoms with van der Waals surface area (Å²) in [6.45, 7) is 1.55. The van der Waals surface area contributed by atoms with Crippen LogP contribution in [0.3, 0.4) is 0 Å². The van der Waals surface area contributed by atoms with E-state index in [1.807, 2.05) is 0 Å². The summed E-state index contributed by atoms with van der Waals surface area (Å²) in [4.78, 5) is 2.33. The Bertz CT molecular complexity index is 706. The number of hydrogen-bond donors (Lipinski definition) is 1. The van der Waals surface area contributed by atoms with Gasteiger partial charge in [0.15, 0.2) is 0 Å². The Morgan fingerprint density at radius 2 is 1.90 bits per heavy atom. The minimum atomic E-state index is 0.245. The first-order chi connectivity index (χ1) is 10.3. The number of rotatable bonds is 5. The zero-order valence-corrected chi connectivity index (χ0v) is 13.0. The van der Waals surface area contributed by atoms with Crippen LogP contribution in [0.15, 0.2) is 59.3 Å². The van der Waals surface area contributed by atoms with Crippen molar-refractivity contribution in [1.29, 1.82) is 0 Å². The Balaban J connectivity index is 1.86. The highest BCUT2D eigenvalue weighted by Gasteiger charge is 2.16. The standard InChI is InChI=1S/C18H20N2S/c1-20(12-14-8-9-21-13-14)18(11-19)17-7-6-15-4-2-3-5-16(15)10-17/h2-10,13,18H,11-12,19H2,1H3. The van der Waals surface area contributed by atoms with E-state index < -0.39 is 0 Å². The van der Waals surface area contributed by atoms with Crippen LogP contribution in [0.25, 0.3) is 10.8 Å². The van der Waals surface area contributed by atoms with Gasteiger partial charge in [0.1, 0.15) is 0 Å². The van der Waals surface area contributed by atoms with Crippen molar-refractivity contribution in [3.05, 3.63) is 70.4 Å². The largest absolute Gasteiger partial charge is 0.329 e. The number of nitrogens with zero attached hydrogens (tertiary/aromatic N) is 1. The Morgan fingerprint density at radius 3 is 2.62 bits per heavy atom. The molecule has 0 aliphatic heterocycles. The molecule has 0 aliphatic rings. The van der Waals surface area contributed by atoms with Crippen LogP contribution in [0.2, 0.25) is 0 Å². The van der Waals surface area contributed by atoms with E-state index in [2.05, 4.69) is 71.2 Å².